The summed E-state index contributed by atoms with van der Waals surface area (Å²) in [5.41, 5.74) is 4.23. The van der Waals surface area contributed by atoms with Crippen LogP contribution < -0.4 is 11.3 Å². The maximum Gasteiger partial charge on any atom is 0.146 e. The molecule has 5 heteroatoms. The molecular weight excluding hydrogens is 297 g/mol. The summed E-state index contributed by atoms with van der Waals surface area (Å²) >= 11 is 3.47. The number of nitrogens with zero attached hydrogens (tertiary/aromatic N) is 1. The fraction of sp³-hybridized carbons (Fsp3) is 0.154. The molecular formula is C13H13BrFN3. The molecule has 1 unspecified atom stereocenters. The van der Waals surface area contributed by atoms with E-state index in [4.69, 9.17) is 5.84 Å². The van der Waals surface area contributed by atoms with E-state index in [2.05, 4.69) is 26.3 Å². The Balaban J connectivity index is 2.26. The molecule has 0 aliphatic heterocycles. The van der Waals surface area contributed by atoms with E-state index in [-0.39, 0.29) is 11.9 Å². The molecule has 18 heavy (non-hydrogen) atoms. The van der Waals surface area contributed by atoms with E-state index in [0.29, 0.717) is 12.0 Å². The maximum atomic E-state index is 13.7. The molecule has 2 rings (SSSR count). The number of benzene rings is 1. The molecule has 2 aromatic rings. The standard InChI is InChI=1S/C13H13BrFN3/c14-11-4-2-1-3-9(11)7-13(18-16)10-5-6-17-8-12(10)15/h1-6,8,13,18H,7,16H2. The van der Waals surface area contributed by atoms with Crippen LogP contribution in [-0.2, 0) is 6.42 Å². The normalized spacial score (nSPS) is 12.4. The van der Waals surface area contributed by atoms with Gasteiger partial charge < -0.3 is 0 Å². The Labute approximate surface area is 113 Å². The minimum absolute atomic E-state index is 0.285. The van der Waals surface area contributed by atoms with Crippen molar-refractivity contribution in [3.8, 4) is 0 Å². The third-order valence-electron chi connectivity index (χ3n) is 2.76. The highest BCUT2D eigenvalue weighted by Gasteiger charge is 2.15. The molecule has 0 saturated carbocycles. The van der Waals surface area contributed by atoms with Crippen LogP contribution >= 0.6 is 15.9 Å². The summed E-state index contributed by atoms with van der Waals surface area (Å²) in [5, 5.41) is 0. The van der Waals surface area contributed by atoms with Gasteiger partial charge in [0.25, 0.3) is 0 Å². The topological polar surface area (TPSA) is 50.9 Å². The summed E-state index contributed by atoms with van der Waals surface area (Å²) in [7, 11) is 0. The number of rotatable bonds is 4. The van der Waals surface area contributed by atoms with E-state index in [9.17, 15) is 4.39 Å². The van der Waals surface area contributed by atoms with Gasteiger partial charge in [0, 0.05) is 16.2 Å². The van der Waals surface area contributed by atoms with Gasteiger partial charge in [-0.05, 0) is 24.1 Å². The molecule has 0 bridgehead atoms. The van der Waals surface area contributed by atoms with Crippen LogP contribution in [0.4, 0.5) is 4.39 Å². The van der Waals surface area contributed by atoms with Crippen molar-refractivity contribution in [2.45, 2.75) is 12.5 Å². The van der Waals surface area contributed by atoms with Gasteiger partial charge in [0.2, 0.25) is 0 Å². The molecule has 1 aromatic heterocycles. The molecule has 3 N–H and O–H groups in total. The number of nitrogens with two attached hydrogens (primary N) is 1. The molecule has 0 saturated heterocycles. The zero-order valence-electron chi connectivity index (χ0n) is 9.61. The molecule has 0 spiro atoms. The number of hydrogen-bond acceptors (Lipinski definition) is 3. The molecule has 1 atom stereocenters. The second-order valence-electron chi connectivity index (χ2n) is 3.91. The monoisotopic (exact) mass is 309 g/mol. The summed E-state index contributed by atoms with van der Waals surface area (Å²) in [6.07, 6.45) is 3.35. The van der Waals surface area contributed by atoms with Gasteiger partial charge >= 0.3 is 0 Å². The summed E-state index contributed by atoms with van der Waals surface area (Å²) in [6.45, 7) is 0. The zero-order chi connectivity index (χ0) is 13.0. The first kappa shape index (κ1) is 13.1. The fourth-order valence-corrected chi connectivity index (χ4v) is 2.26. The minimum atomic E-state index is -0.354. The second-order valence-corrected chi connectivity index (χ2v) is 4.77. The van der Waals surface area contributed by atoms with Crippen LogP contribution in [0.1, 0.15) is 17.2 Å². The van der Waals surface area contributed by atoms with Gasteiger partial charge in [-0.3, -0.25) is 16.3 Å². The summed E-state index contributed by atoms with van der Waals surface area (Å²) in [4.78, 5) is 3.73. The van der Waals surface area contributed by atoms with Crippen LogP contribution in [-0.4, -0.2) is 4.98 Å². The van der Waals surface area contributed by atoms with E-state index in [1.54, 1.807) is 12.3 Å². The Morgan fingerprint density at radius 2 is 2.11 bits per heavy atom. The van der Waals surface area contributed by atoms with Crippen LogP contribution in [0.3, 0.4) is 0 Å². The average molecular weight is 310 g/mol. The quantitative estimate of drug-likeness (QED) is 0.674. The maximum absolute atomic E-state index is 13.7. The van der Waals surface area contributed by atoms with Crippen LogP contribution in [0.15, 0.2) is 47.2 Å². The molecule has 1 aromatic carbocycles. The Hall–Kier alpha value is -1.30. The predicted octanol–water partition coefficient (Wildman–Crippen LogP) is 2.73. The van der Waals surface area contributed by atoms with Crippen LogP contribution in [0.2, 0.25) is 0 Å². The fourth-order valence-electron chi connectivity index (χ4n) is 1.81. The van der Waals surface area contributed by atoms with E-state index in [1.807, 2.05) is 24.3 Å². The lowest BCUT2D eigenvalue weighted by molar-refractivity contribution is 0.507. The molecule has 3 nitrogen and oxygen atoms in total. The van der Waals surface area contributed by atoms with E-state index in [1.165, 1.54) is 6.20 Å². The zero-order valence-corrected chi connectivity index (χ0v) is 11.2. The van der Waals surface area contributed by atoms with Crippen LogP contribution in [0.25, 0.3) is 0 Å². The SMILES string of the molecule is NNC(Cc1ccccc1Br)c1ccncc1F. The van der Waals surface area contributed by atoms with Crippen molar-refractivity contribution >= 4 is 15.9 Å². The Morgan fingerprint density at radius 3 is 2.78 bits per heavy atom. The molecule has 0 fully saturated rings. The number of pyridine rings is 1. The van der Waals surface area contributed by atoms with E-state index < -0.39 is 0 Å². The van der Waals surface area contributed by atoms with Gasteiger partial charge in [-0.1, -0.05) is 34.1 Å². The van der Waals surface area contributed by atoms with Gasteiger partial charge in [-0.2, -0.15) is 0 Å². The predicted molar refractivity (Wildman–Crippen MR) is 72.1 cm³/mol. The van der Waals surface area contributed by atoms with Crippen LogP contribution in [0, 0.1) is 5.82 Å². The van der Waals surface area contributed by atoms with Gasteiger partial charge in [0.1, 0.15) is 5.82 Å². The van der Waals surface area contributed by atoms with Crippen molar-refractivity contribution in [1.29, 1.82) is 0 Å². The number of hydrazine groups is 1. The van der Waals surface area contributed by atoms with Gasteiger partial charge in [-0.25, -0.2) is 4.39 Å². The van der Waals surface area contributed by atoms with Crippen molar-refractivity contribution in [2.24, 2.45) is 5.84 Å². The molecule has 0 aliphatic rings. The summed E-state index contributed by atoms with van der Waals surface area (Å²) < 4.78 is 14.6. The average Bonchev–Trinajstić information content (AvgIpc) is 2.39. The highest BCUT2D eigenvalue weighted by molar-refractivity contribution is 9.10. The molecule has 0 aliphatic carbocycles. The van der Waals surface area contributed by atoms with Crippen LogP contribution in [0.5, 0.6) is 0 Å². The highest BCUT2D eigenvalue weighted by Crippen LogP contribution is 2.24. The first-order valence-corrected chi connectivity index (χ1v) is 6.30. The van der Waals surface area contributed by atoms with Crippen molar-refractivity contribution in [3.63, 3.8) is 0 Å². The third-order valence-corrected chi connectivity index (χ3v) is 3.54. The van der Waals surface area contributed by atoms with Crippen molar-refractivity contribution in [3.05, 3.63) is 64.1 Å². The molecule has 1 heterocycles. The van der Waals surface area contributed by atoms with Crippen molar-refractivity contribution < 1.29 is 4.39 Å². The summed E-state index contributed by atoms with van der Waals surface area (Å²) in [6, 6.07) is 9.16. The van der Waals surface area contributed by atoms with E-state index in [0.717, 1.165) is 10.0 Å². The molecule has 0 radical (unpaired) electrons. The molecule has 94 valence electrons. The van der Waals surface area contributed by atoms with Gasteiger partial charge in [0.15, 0.2) is 0 Å². The van der Waals surface area contributed by atoms with E-state index >= 15 is 0 Å². The number of hydrogen-bond donors (Lipinski definition) is 2. The lowest BCUT2D eigenvalue weighted by atomic mass is 10.00. The highest BCUT2D eigenvalue weighted by atomic mass is 79.9. The Morgan fingerprint density at radius 1 is 1.33 bits per heavy atom. The third kappa shape index (κ3) is 2.93. The Bertz CT molecular complexity index is 533. The molecule has 0 amide bonds. The van der Waals surface area contributed by atoms with Gasteiger partial charge in [-0.15, -0.1) is 0 Å². The summed E-state index contributed by atoms with van der Waals surface area (Å²) in [5.74, 6) is 5.17. The first-order chi connectivity index (χ1) is 8.72. The van der Waals surface area contributed by atoms with Gasteiger partial charge in [0.05, 0.1) is 12.2 Å². The smallest absolute Gasteiger partial charge is 0.146 e. The first-order valence-electron chi connectivity index (χ1n) is 5.51. The number of aromatic nitrogens is 1. The number of nitrogens with one attached hydrogen (secondary N) is 1. The lowest BCUT2D eigenvalue weighted by Gasteiger charge is -2.17. The van der Waals surface area contributed by atoms with Crippen molar-refractivity contribution in [1.82, 2.24) is 10.4 Å². The lowest BCUT2D eigenvalue weighted by Crippen LogP contribution is -2.30. The van der Waals surface area contributed by atoms with Crippen molar-refractivity contribution in [2.75, 3.05) is 0 Å². The Kier molecular flexibility index (Phi) is 4.41. The number of halogens is 2. The minimum Gasteiger partial charge on any atom is -0.271 e. The largest absolute Gasteiger partial charge is 0.271 e. The second kappa shape index (κ2) is 6.04.